The molecule has 6 nitrogen and oxygen atoms in total. The first-order valence-electron chi connectivity index (χ1n) is 9.00. The Kier molecular flexibility index (Phi) is 5.11. The highest BCUT2D eigenvalue weighted by Gasteiger charge is 2.35. The van der Waals surface area contributed by atoms with E-state index in [2.05, 4.69) is 23.0 Å². The Labute approximate surface area is 149 Å². The third kappa shape index (κ3) is 4.02. The maximum atomic E-state index is 12.8. The van der Waals surface area contributed by atoms with Crippen LogP contribution < -0.4 is 10.9 Å². The number of hydrogen-bond donors (Lipinski definition) is 2. The molecule has 1 aromatic rings. The zero-order valence-corrected chi connectivity index (χ0v) is 15.3. The molecule has 0 bridgehead atoms. The maximum Gasteiger partial charge on any atom is 0.241 e. The molecule has 3 rings (SSSR count). The lowest BCUT2D eigenvalue weighted by atomic mass is 9.94. The van der Waals surface area contributed by atoms with Crippen LogP contribution in [0.15, 0.2) is 30.3 Å². The van der Waals surface area contributed by atoms with Crippen molar-refractivity contribution in [2.45, 2.75) is 39.3 Å². The molecule has 1 aromatic carbocycles. The summed E-state index contributed by atoms with van der Waals surface area (Å²) in [5, 5.41) is 0. The highest BCUT2D eigenvalue weighted by molar-refractivity contribution is 5.84. The molecule has 2 atom stereocenters. The van der Waals surface area contributed by atoms with Crippen LogP contribution in [0.2, 0.25) is 0 Å². The summed E-state index contributed by atoms with van der Waals surface area (Å²) in [6.07, 6.45) is 0.740. The van der Waals surface area contributed by atoms with Gasteiger partial charge in [0.1, 0.15) is 6.04 Å². The molecule has 6 heteroatoms. The molecule has 2 aliphatic heterocycles. The number of nitrogens with zero attached hydrogens (tertiary/aromatic N) is 2. The van der Waals surface area contributed by atoms with Gasteiger partial charge in [0.2, 0.25) is 11.8 Å². The normalized spacial score (nSPS) is 24.4. The van der Waals surface area contributed by atoms with Gasteiger partial charge in [-0.25, -0.2) is 10.9 Å². The van der Waals surface area contributed by atoms with Crippen molar-refractivity contribution in [1.82, 2.24) is 20.7 Å². The summed E-state index contributed by atoms with van der Waals surface area (Å²) in [5.41, 5.74) is 7.18. The molecule has 0 saturated carbocycles. The zero-order chi connectivity index (χ0) is 18.0. The highest BCUT2D eigenvalue weighted by atomic mass is 16.2. The standard InChI is InChI=1S/C19H28N4O2/c1-19(2,3)18(25)23-11-9-22(10-12-23)17(24)16-13-15(20-21-16)14-7-5-4-6-8-14/h4-8,15-16,20-21H,9-13H2,1-3H3. The third-order valence-electron chi connectivity index (χ3n) is 4.92. The number of benzene rings is 1. The van der Waals surface area contributed by atoms with Crippen molar-refractivity contribution < 1.29 is 9.59 Å². The summed E-state index contributed by atoms with van der Waals surface area (Å²) in [5.74, 6) is 0.276. The van der Waals surface area contributed by atoms with Gasteiger partial charge in [-0.15, -0.1) is 0 Å². The SMILES string of the molecule is CC(C)(C)C(=O)N1CCN(C(=O)C2CC(c3ccccc3)NN2)CC1. The molecule has 2 heterocycles. The molecule has 2 N–H and O–H groups in total. The van der Waals surface area contributed by atoms with E-state index in [1.165, 1.54) is 5.56 Å². The molecule has 0 aromatic heterocycles. The Morgan fingerprint density at radius 3 is 2.16 bits per heavy atom. The van der Waals surface area contributed by atoms with E-state index in [1.807, 2.05) is 48.8 Å². The van der Waals surface area contributed by atoms with Crippen LogP contribution in [0.4, 0.5) is 0 Å². The van der Waals surface area contributed by atoms with Crippen LogP contribution in [0.3, 0.4) is 0 Å². The highest BCUT2D eigenvalue weighted by Crippen LogP contribution is 2.24. The molecule has 2 amide bonds. The second-order valence-electron chi connectivity index (χ2n) is 7.91. The van der Waals surface area contributed by atoms with Crippen LogP contribution >= 0.6 is 0 Å². The molecular formula is C19H28N4O2. The van der Waals surface area contributed by atoms with Crippen LogP contribution in [-0.2, 0) is 9.59 Å². The van der Waals surface area contributed by atoms with Crippen molar-refractivity contribution in [3.8, 4) is 0 Å². The molecular weight excluding hydrogens is 316 g/mol. The Morgan fingerprint density at radius 1 is 0.960 bits per heavy atom. The van der Waals surface area contributed by atoms with Gasteiger partial charge in [-0.2, -0.15) is 0 Å². The molecule has 136 valence electrons. The summed E-state index contributed by atoms with van der Waals surface area (Å²) >= 11 is 0. The number of piperazine rings is 1. The van der Waals surface area contributed by atoms with Gasteiger partial charge in [0.25, 0.3) is 0 Å². The van der Waals surface area contributed by atoms with E-state index < -0.39 is 0 Å². The lowest BCUT2D eigenvalue weighted by molar-refractivity contribution is -0.145. The predicted octanol–water partition coefficient (Wildman–Crippen LogP) is 1.31. The van der Waals surface area contributed by atoms with Gasteiger partial charge in [0.05, 0.1) is 0 Å². The summed E-state index contributed by atoms with van der Waals surface area (Å²) < 4.78 is 0. The first kappa shape index (κ1) is 17.9. The van der Waals surface area contributed by atoms with E-state index in [0.717, 1.165) is 6.42 Å². The van der Waals surface area contributed by atoms with Crippen LogP contribution in [0.25, 0.3) is 0 Å². The minimum absolute atomic E-state index is 0.119. The lowest BCUT2D eigenvalue weighted by Crippen LogP contribution is -2.56. The smallest absolute Gasteiger partial charge is 0.241 e. The topological polar surface area (TPSA) is 64.7 Å². The maximum absolute atomic E-state index is 12.8. The number of carbonyl (C=O) groups is 2. The monoisotopic (exact) mass is 344 g/mol. The van der Waals surface area contributed by atoms with Gasteiger partial charge in [-0.3, -0.25) is 9.59 Å². The number of amides is 2. The van der Waals surface area contributed by atoms with Crippen LogP contribution in [0.1, 0.15) is 38.8 Å². The van der Waals surface area contributed by atoms with Crippen molar-refractivity contribution in [2.24, 2.45) is 5.41 Å². The second kappa shape index (κ2) is 7.14. The van der Waals surface area contributed by atoms with E-state index in [-0.39, 0.29) is 29.3 Å². The quantitative estimate of drug-likeness (QED) is 0.849. The summed E-state index contributed by atoms with van der Waals surface area (Å²) in [4.78, 5) is 28.9. The Balaban J connectivity index is 1.53. The molecule has 25 heavy (non-hydrogen) atoms. The number of hydrogen-bond acceptors (Lipinski definition) is 4. The van der Waals surface area contributed by atoms with E-state index in [4.69, 9.17) is 0 Å². The van der Waals surface area contributed by atoms with Gasteiger partial charge in [0.15, 0.2) is 0 Å². The van der Waals surface area contributed by atoms with E-state index in [0.29, 0.717) is 26.2 Å². The van der Waals surface area contributed by atoms with Crippen LogP contribution in [0, 0.1) is 5.41 Å². The number of hydrazine groups is 1. The summed E-state index contributed by atoms with van der Waals surface area (Å²) in [7, 11) is 0. The van der Waals surface area contributed by atoms with Crippen LogP contribution in [0.5, 0.6) is 0 Å². The Bertz CT molecular complexity index is 618. The van der Waals surface area contributed by atoms with E-state index in [9.17, 15) is 9.59 Å². The molecule has 2 unspecified atom stereocenters. The Morgan fingerprint density at radius 2 is 1.56 bits per heavy atom. The molecule has 2 saturated heterocycles. The van der Waals surface area contributed by atoms with E-state index >= 15 is 0 Å². The van der Waals surface area contributed by atoms with Crippen molar-refractivity contribution in [2.75, 3.05) is 26.2 Å². The van der Waals surface area contributed by atoms with Gasteiger partial charge >= 0.3 is 0 Å². The number of carbonyl (C=O) groups excluding carboxylic acids is 2. The van der Waals surface area contributed by atoms with Gasteiger partial charge in [-0.1, -0.05) is 51.1 Å². The van der Waals surface area contributed by atoms with Crippen molar-refractivity contribution in [3.63, 3.8) is 0 Å². The minimum atomic E-state index is -0.369. The van der Waals surface area contributed by atoms with Crippen LogP contribution in [-0.4, -0.2) is 53.8 Å². The molecule has 2 fully saturated rings. The number of rotatable bonds is 2. The molecule has 0 aliphatic carbocycles. The second-order valence-corrected chi connectivity index (χ2v) is 7.91. The fourth-order valence-electron chi connectivity index (χ4n) is 3.45. The molecule has 0 spiro atoms. The largest absolute Gasteiger partial charge is 0.339 e. The van der Waals surface area contributed by atoms with Gasteiger partial charge in [-0.05, 0) is 12.0 Å². The zero-order valence-electron chi connectivity index (χ0n) is 15.3. The van der Waals surface area contributed by atoms with Crippen molar-refractivity contribution in [3.05, 3.63) is 35.9 Å². The average molecular weight is 344 g/mol. The summed E-state index contributed by atoms with van der Waals surface area (Å²) in [6, 6.07) is 10.1. The van der Waals surface area contributed by atoms with Crippen molar-refractivity contribution >= 4 is 11.8 Å². The lowest BCUT2D eigenvalue weighted by Gasteiger charge is -2.38. The molecule has 2 aliphatic rings. The average Bonchev–Trinajstić information content (AvgIpc) is 3.11. The predicted molar refractivity (Wildman–Crippen MR) is 96.5 cm³/mol. The third-order valence-corrected chi connectivity index (χ3v) is 4.92. The minimum Gasteiger partial charge on any atom is -0.339 e. The fraction of sp³-hybridized carbons (Fsp3) is 0.579. The number of nitrogens with one attached hydrogen (secondary N) is 2. The van der Waals surface area contributed by atoms with E-state index in [1.54, 1.807) is 0 Å². The first-order valence-corrected chi connectivity index (χ1v) is 9.00. The summed E-state index contributed by atoms with van der Waals surface area (Å²) in [6.45, 7) is 8.25. The van der Waals surface area contributed by atoms with Gasteiger partial charge in [0, 0.05) is 37.6 Å². The fourth-order valence-corrected chi connectivity index (χ4v) is 3.45. The van der Waals surface area contributed by atoms with Crippen molar-refractivity contribution in [1.29, 1.82) is 0 Å². The first-order chi connectivity index (χ1) is 11.9. The van der Waals surface area contributed by atoms with Gasteiger partial charge < -0.3 is 9.80 Å². The molecule has 0 radical (unpaired) electrons. The Hall–Kier alpha value is -1.92.